The first-order valence-corrected chi connectivity index (χ1v) is 36.2. The summed E-state index contributed by atoms with van der Waals surface area (Å²) in [7, 11) is 0. The predicted octanol–water partition coefficient (Wildman–Crippen LogP) is -6.10. The second-order valence-electron chi connectivity index (χ2n) is 26.8. The van der Waals surface area contributed by atoms with Gasteiger partial charge in [0.25, 0.3) is 0 Å². The molecule has 0 bridgehead atoms. The van der Waals surface area contributed by atoms with E-state index in [0.29, 0.717) is 64.2 Å². The van der Waals surface area contributed by atoms with Crippen LogP contribution in [0, 0.1) is 0 Å². The van der Waals surface area contributed by atoms with E-state index in [1.807, 2.05) is 20.8 Å². The second kappa shape index (κ2) is 51.3. The summed E-state index contributed by atoms with van der Waals surface area (Å²) in [6.45, 7) is 8.26. The van der Waals surface area contributed by atoms with Crippen molar-refractivity contribution < 1.29 is 137 Å². The molecule has 3 rings (SSSR count). The van der Waals surface area contributed by atoms with Gasteiger partial charge in [0.2, 0.25) is 59.1 Å². The second-order valence-corrected chi connectivity index (χ2v) is 26.8. The summed E-state index contributed by atoms with van der Waals surface area (Å²) in [6.07, 6.45) is -11.7. The quantitative estimate of drug-likeness (QED) is 0.0252. The Morgan fingerprint density at radius 3 is 0.933 bits per heavy atom. The van der Waals surface area contributed by atoms with Crippen LogP contribution in [0.2, 0.25) is 0 Å². The number of hydrogen-bond acceptors (Lipinski definition) is 28. The van der Waals surface area contributed by atoms with E-state index < -0.39 is 152 Å². The van der Waals surface area contributed by atoms with Crippen molar-refractivity contribution in [2.45, 2.75) is 254 Å². The van der Waals surface area contributed by atoms with Gasteiger partial charge < -0.3 is 142 Å². The Morgan fingerprint density at radius 1 is 0.362 bits per heavy atom. The maximum atomic E-state index is 13.8. The highest BCUT2D eigenvalue weighted by Gasteiger charge is 2.48. The Labute approximate surface area is 612 Å². The summed E-state index contributed by atoms with van der Waals surface area (Å²) >= 11 is 0. The van der Waals surface area contributed by atoms with E-state index in [0.717, 1.165) is 0 Å². The van der Waals surface area contributed by atoms with Crippen molar-refractivity contribution in [3.8, 4) is 0 Å². The molecule has 19 N–H and O–H groups in total. The minimum Gasteiger partial charge on any atom is -0.394 e. The Bertz CT molecular complexity index is 2500. The monoisotopic (exact) mass is 1510 g/mol. The van der Waals surface area contributed by atoms with Crippen LogP contribution >= 0.6 is 0 Å². The van der Waals surface area contributed by atoms with E-state index in [-0.39, 0.29) is 167 Å². The number of carbonyl (C=O) groups excluding carboxylic acids is 10. The first-order chi connectivity index (χ1) is 50.0. The van der Waals surface area contributed by atoms with Crippen LogP contribution in [-0.4, -0.2) is 320 Å². The molecular weight excluding hydrogens is 1390 g/mol. The molecule has 0 saturated carbocycles. The van der Waals surface area contributed by atoms with Gasteiger partial charge in [-0.2, -0.15) is 0 Å². The normalized spacial score (nSPS) is 25.2. The van der Waals surface area contributed by atoms with Gasteiger partial charge in [-0.1, -0.05) is 6.92 Å². The number of nitrogens with one attached hydrogen (secondary N) is 10. The first kappa shape index (κ1) is 93.2. The molecule has 105 heavy (non-hydrogen) atoms. The molecule has 0 radical (unpaired) electrons. The molecule has 38 nitrogen and oxygen atoms in total. The minimum absolute atomic E-state index is 0.0773. The molecule has 3 fully saturated rings. The maximum Gasteiger partial charge on any atom is 0.222 e. The topological polar surface area (TPSA) is 556 Å². The van der Waals surface area contributed by atoms with Gasteiger partial charge in [0.15, 0.2) is 18.9 Å². The van der Waals surface area contributed by atoms with Crippen LogP contribution in [0.3, 0.4) is 0 Å². The van der Waals surface area contributed by atoms with Gasteiger partial charge in [-0.3, -0.25) is 47.9 Å². The Kier molecular flexibility index (Phi) is 45.6. The lowest BCUT2D eigenvalue weighted by Crippen LogP contribution is -2.64. The summed E-state index contributed by atoms with van der Waals surface area (Å²) in [5.74, 6) is -3.97. The van der Waals surface area contributed by atoms with E-state index in [4.69, 9.17) is 42.6 Å². The standard InChI is InChI=1S/C67H120N10O28/c1-7-66(5,6)102-40-67(38-97-33-22-51(88)72-28-15-25-69-48(85)18-9-12-31-100-64-55(75-42(3)82)61(95)58(92)45(36-79)104-64,39-98-34-23-52(89)73-29-16-26-70-49(86)19-10-13-32-101-65-56(76-43(4)83)62(96)59(93)46(37-80)105-65)77-53(90)21-20-50(87)71-27-14-24-68-47(84)17-8-11-30-99-63-54(74-41(2)81)60(94)57(91)44(35-78)103-63/h44-46,54-65,78-80,91-96H,7-40H2,1-6H3,(H,68,84)(H,69,85)(H,70,86)(H,71,87)(H,72,88)(H,73,89)(H,74,81)(H,75,82)(H,76,83)(H,77,90). The van der Waals surface area contributed by atoms with E-state index in [1.54, 1.807) is 0 Å². The SMILES string of the molecule is CCC(C)(C)OCC(COCCC(=O)NCCCNC(=O)CCCCOC1OC(CO)C(O)C(O)C1NC(C)=O)(COCCC(=O)NCCCNC(=O)CCCCOC1OC(CO)C(O)C(O)C1NC(C)=O)NC(=O)CCC(=O)NCCCNC(=O)CCCCOC1OC(CO)C(O)C(O)C1NC(C)=O. The van der Waals surface area contributed by atoms with E-state index in [9.17, 15) is 93.9 Å². The zero-order valence-electron chi connectivity index (χ0n) is 61.5. The largest absolute Gasteiger partial charge is 0.394 e. The molecule has 0 aromatic carbocycles. The van der Waals surface area contributed by atoms with Gasteiger partial charge in [0.1, 0.15) is 78.6 Å². The highest BCUT2D eigenvalue weighted by molar-refractivity contribution is 5.84. The third kappa shape index (κ3) is 37.1. The molecular formula is C67H120N10O28. The molecule has 0 aromatic rings. The third-order valence-electron chi connectivity index (χ3n) is 17.3. The summed E-state index contributed by atoms with van der Waals surface area (Å²) in [6, 6.07) is -3.27. The smallest absolute Gasteiger partial charge is 0.222 e. The van der Waals surface area contributed by atoms with E-state index >= 15 is 0 Å². The van der Waals surface area contributed by atoms with Crippen LogP contribution in [0.5, 0.6) is 0 Å². The minimum atomic E-state index is -1.46. The molecule has 3 saturated heterocycles. The van der Waals surface area contributed by atoms with Crippen molar-refractivity contribution in [3.05, 3.63) is 0 Å². The average molecular weight is 1510 g/mol. The van der Waals surface area contributed by atoms with Crippen LogP contribution in [0.25, 0.3) is 0 Å². The van der Waals surface area contributed by atoms with Crippen molar-refractivity contribution in [1.29, 1.82) is 0 Å². The predicted molar refractivity (Wildman–Crippen MR) is 369 cm³/mol. The lowest BCUT2D eigenvalue weighted by molar-refractivity contribution is -0.270. The van der Waals surface area contributed by atoms with Crippen LogP contribution in [0.1, 0.15) is 151 Å². The maximum absolute atomic E-state index is 13.8. The molecule has 15 unspecified atom stereocenters. The number of unbranched alkanes of at least 4 members (excludes halogenated alkanes) is 3. The fourth-order valence-electron chi connectivity index (χ4n) is 10.9. The zero-order valence-corrected chi connectivity index (χ0v) is 61.5. The number of aliphatic hydroxyl groups is 9. The lowest BCUT2D eigenvalue weighted by Gasteiger charge is -2.42. The molecule has 0 aliphatic carbocycles. The van der Waals surface area contributed by atoms with Crippen LogP contribution in [0.15, 0.2) is 0 Å². The molecule has 3 aliphatic rings. The van der Waals surface area contributed by atoms with Gasteiger partial charge in [0.05, 0.1) is 58.5 Å². The molecule has 3 aliphatic heterocycles. The summed E-state index contributed by atoms with van der Waals surface area (Å²) in [5.41, 5.74) is -2.11. The number of ether oxygens (including phenoxy) is 9. The molecule has 606 valence electrons. The molecule has 38 heteroatoms. The fourth-order valence-corrected chi connectivity index (χ4v) is 10.9. The van der Waals surface area contributed by atoms with Crippen molar-refractivity contribution in [3.63, 3.8) is 0 Å². The van der Waals surface area contributed by atoms with Crippen molar-refractivity contribution in [2.75, 3.05) is 112 Å². The van der Waals surface area contributed by atoms with E-state index in [2.05, 4.69) is 53.2 Å². The van der Waals surface area contributed by atoms with Crippen molar-refractivity contribution in [1.82, 2.24) is 53.2 Å². The Balaban J connectivity index is 1.48. The summed E-state index contributed by atoms with van der Waals surface area (Å²) in [5, 5.41) is 118. The lowest BCUT2D eigenvalue weighted by atomic mass is 9.97. The third-order valence-corrected chi connectivity index (χ3v) is 17.3. The fraction of sp³-hybridized carbons (Fsp3) is 0.851. The van der Waals surface area contributed by atoms with Gasteiger partial charge in [-0.15, -0.1) is 0 Å². The molecule has 0 aromatic heterocycles. The summed E-state index contributed by atoms with van der Waals surface area (Å²) in [4.78, 5) is 126. The molecule has 10 amide bonds. The molecule has 0 spiro atoms. The highest BCUT2D eigenvalue weighted by atomic mass is 16.7. The van der Waals surface area contributed by atoms with Crippen LogP contribution in [-0.2, 0) is 90.6 Å². The zero-order chi connectivity index (χ0) is 77.9. The number of amides is 10. The van der Waals surface area contributed by atoms with Crippen molar-refractivity contribution >= 4 is 59.1 Å². The average Bonchev–Trinajstić information content (AvgIpc) is 0.821. The number of rotatable bonds is 54. The first-order valence-electron chi connectivity index (χ1n) is 36.2. The van der Waals surface area contributed by atoms with Gasteiger partial charge in [0, 0.05) is 125 Å². The van der Waals surface area contributed by atoms with Gasteiger partial charge in [-0.25, -0.2) is 0 Å². The number of aliphatic hydroxyl groups excluding tert-OH is 9. The van der Waals surface area contributed by atoms with Crippen LogP contribution < -0.4 is 53.2 Å². The van der Waals surface area contributed by atoms with Crippen molar-refractivity contribution in [2.24, 2.45) is 0 Å². The van der Waals surface area contributed by atoms with Crippen LogP contribution in [0.4, 0.5) is 0 Å². The Hall–Kier alpha value is -6.02. The number of hydrogen-bond donors (Lipinski definition) is 19. The van der Waals surface area contributed by atoms with Gasteiger partial charge >= 0.3 is 0 Å². The van der Waals surface area contributed by atoms with Gasteiger partial charge in [-0.05, 0) is 78.1 Å². The van der Waals surface area contributed by atoms with E-state index in [1.165, 1.54) is 20.8 Å². The molecule has 15 atom stereocenters. The number of carbonyl (C=O) groups is 10. The molecule has 3 heterocycles. The Morgan fingerprint density at radius 2 is 0.648 bits per heavy atom. The summed E-state index contributed by atoms with van der Waals surface area (Å²) < 4.78 is 52.2. The highest BCUT2D eigenvalue weighted by Crippen LogP contribution is 2.26.